The largest absolute Gasteiger partial charge is 0.335 e. The highest BCUT2D eigenvalue weighted by Gasteiger charge is 2.28. The van der Waals surface area contributed by atoms with E-state index in [1.807, 2.05) is 17.2 Å². The van der Waals surface area contributed by atoms with Crippen LogP contribution in [0.25, 0.3) is 0 Å². The molecule has 0 N–H and O–H groups in total. The lowest BCUT2D eigenvalue weighted by molar-refractivity contribution is -0.133. The lowest BCUT2D eigenvalue weighted by atomic mass is 10.1. The fourth-order valence-corrected chi connectivity index (χ4v) is 2.70. The zero-order chi connectivity index (χ0) is 14.7. The zero-order valence-electron chi connectivity index (χ0n) is 13.0. The minimum absolute atomic E-state index is 0.256. The van der Waals surface area contributed by atoms with Crippen molar-refractivity contribution < 1.29 is 4.79 Å². The van der Waals surface area contributed by atoms with Gasteiger partial charge in [-0.15, -0.1) is 0 Å². The summed E-state index contributed by atoms with van der Waals surface area (Å²) in [6.45, 7) is 6.69. The van der Waals surface area contributed by atoms with Crippen LogP contribution in [0.4, 0.5) is 0 Å². The molecule has 0 spiro atoms. The number of nitrogens with zero attached hydrogens (tertiary/aromatic N) is 4. The first-order valence-corrected chi connectivity index (χ1v) is 7.42. The third kappa shape index (κ3) is 3.60. The van der Waals surface area contributed by atoms with Crippen LogP contribution in [-0.4, -0.2) is 52.7 Å². The monoisotopic (exact) mass is 278 g/mol. The summed E-state index contributed by atoms with van der Waals surface area (Å²) in [7, 11) is 4.12. The number of fused-ring (bicyclic) bond motifs is 1. The van der Waals surface area contributed by atoms with Gasteiger partial charge in [-0.2, -0.15) is 5.10 Å². The van der Waals surface area contributed by atoms with E-state index >= 15 is 0 Å². The summed E-state index contributed by atoms with van der Waals surface area (Å²) in [6.07, 6.45) is 3.45. The van der Waals surface area contributed by atoms with Crippen LogP contribution in [0.3, 0.4) is 0 Å². The van der Waals surface area contributed by atoms with Gasteiger partial charge in [0.15, 0.2) is 0 Å². The first kappa shape index (κ1) is 15.0. The second kappa shape index (κ2) is 6.39. The third-order valence-electron chi connectivity index (χ3n) is 3.75. The molecule has 1 atom stereocenters. The van der Waals surface area contributed by atoms with Crippen molar-refractivity contribution in [1.29, 1.82) is 0 Å². The molecule has 1 aromatic heterocycles. The summed E-state index contributed by atoms with van der Waals surface area (Å²) < 4.78 is 2.08. The Balaban J connectivity index is 2.05. The number of hydrogen-bond acceptors (Lipinski definition) is 3. The second-order valence-corrected chi connectivity index (χ2v) is 6.39. The van der Waals surface area contributed by atoms with Crippen molar-refractivity contribution in [3.63, 3.8) is 0 Å². The van der Waals surface area contributed by atoms with Gasteiger partial charge >= 0.3 is 0 Å². The number of aromatic nitrogens is 2. The molecular weight excluding hydrogens is 252 g/mol. The van der Waals surface area contributed by atoms with Crippen molar-refractivity contribution in [2.75, 3.05) is 27.2 Å². The van der Waals surface area contributed by atoms with Gasteiger partial charge in [-0.05, 0) is 32.5 Å². The van der Waals surface area contributed by atoms with E-state index in [0.717, 1.165) is 25.2 Å². The molecule has 0 aliphatic carbocycles. The lowest BCUT2D eigenvalue weighted by Crippen LogP contribution is -2.44. The number of rotatable bonds is 5. The maximum absolute atomic E-state index is 12.3. The molecule has 0 saturated heterocycles. The van der Waals surface area contributed by atoms with Crippen molar-refractivity contribution in [2.45, 2.75) is 39.3 Å². The average molecular weight is 278 g/mol. The topological polar surface area (TPSA) is 41.4 Å². The molecular formula is C15H26N4O. The molecule has 0 aromatic carbocycles. The summed E-state index contributed by atoms with van der Waals surface area (Å²) in [5, 5.41) is 4.41. The van der Waals surface area contributed by atoms with Crippen LogP contribution in [0, 0.1) is 5.92 Å². The Morgan fingerprint density at radius 1 is 1.50 bits per heavy atom. The molecule has 2 heterocycles. The standard InChI is InChI=1S/C15H26N4O/c1-12(2)5-6-15(20)18-10-13-7-8-16-19(13)14(11-18)9-17(3)4/h7-8,12,14H,5-6,9-11H2,1-4H3. The van der Waals surface area contributed by atoms with Gasteiger partial charge < -0.3 is 9.80 Å². The van der Waals surface area contributed by atoms with Gasteiger partial charge in [0.25, 0.3) is 0 Å². The van der Waals surface area contributed by atoms with Crippen molar-refractivity contribution in [1.82, 2.24) is 19.6 Å². The zero-order valence-corrected chi connectivity index (χ0v) is 13.0. The maximum atomic E-state index is 12.3. The summed E-state index contributed by atoms with van der Waals surface area (Å²) in [5.41, 5.74) is 1.14. The van der Waals surface area contributed by atoms with E-state index in [9.17, 15) is 4.79 Å². The average Bonchev–Trinajstić information content (AvgIpc) is 2.83. The Morgan fingerprint density at radius 2 is 2.25 bits per heavy atom. The van der Waals surface area contributed by atoms with Crippen LogP contribution in [0.1, 0.15) is 38.4 Å². The number of carbonyl (C=O) groups excluding carboxylic acids is 1. The van der Waals surface area contributed by atoms with Crippen LogP contribution in [0.2, 0.25) is 0 Å². The molecule has 2 rings (SSSR count). The van der Waals surface area contributed by atoms with E-state index in [1.54, 1.807) is 0 Å². The molecule has 5 nitrogen and oxygen atoms in total. The fraction of sp³-hybridized carbons (Fsp3) is 0.733. The van der Waals surface area contributed by atoms with E-state index in [2.05, 4.69) is 42.6 Å². The molecule has 5 heteroatoms. The van der Waals surface area contributed by atoms with Crippen molar-refractivity contribution >= 4 is 5.91 Å². The van der Waals surface area contributed by atoms with Gasteiger partial charge in [-0.1, -0.05) is 13.8 Å². The SMILES string of the molecule is CC(C)CCC(=O)N1Cc2ccnn2C(CN(C)C)C1. The highest BCUT2D eigenvalue weighted by molar-refractivity contribution is 5.76. The highest BCUT2D eigenvalue weighted by Crippen LogP contribution is 2.22. The molecule has 0 fully saturated rings. The molecule has 1 unspecified atom stereocenters. The first-order chi connectivity index (χ1) is 9.47. The number of carbonyl (C=O) groups is 1. The molecule has 20 heavy (non-hydrogen) atoms. The fourth-order valence-electron chi connectivity index (χ4n) is 2.70. The van der Waals surface area contributed by atoms with Crippen LogP contribution < -0.4 is 0 Å². The second-order valence-electron chi connectivity index (χ2n) is 6.39. The van der Waals surface area contributed by atoms with Gasteiger partial charge in [0, 0.05) is 25.7 Å². The third-order valence-corrected chi connectivity index (χ3v) is 3.75. The molecule has 1 aromatic rings. The molecule has 0 saturated carbocycles. The summed E-state index contributed by atoms with van der Waals surface area (Å²) in [5.74, 6) is 0.849. The minimum Gasteiger partial charge on any atom is -0.335 e. The number of likely N-dealkylation sites (N-methyl/N-ethyl adjacent to an activating group) is 1. The predicted octanol–water partition coefficient (Wildman–Crippen LogP) is 1.76. The molecule has 1 aliphatic rings. The predicted molar refractivity (Wildman–Crippen MR) is 79.3 cm³/mol. The smallest absolute Gasteiger partial charge is 0.223 e. The van der Waals surface area contributed by atoms with E-state index in [0.29, 0.717) is 18.9 Å². The summed E-state index contributed by atoms with van der Waals surface area (Å²) in [6, 6.07) is 2.27. The minimum atomic E-state index is 0.256. The van der Waals surface area contributed by atoms with E-state index in [1.165, 1.54) is 0 Å². The van der Waals surface area contributed by atoms with Crippen molar-refractivity contribution in [3.8, 4) is 0 Å². The van der Waals surface area contributed by atoms with Gasteiger partial charge in [-0.25, -0.2) is 0 Å². The van der Waals surface area contributed by atoms with Gasteiger partial charge in [0.05, 0.1) is 18.3 Å². The van der Waals surface area contributed by atoms with Gasteiger partial charge in [-0.3, -0.25) is 9.48 Å². The Hall–Kier alpha value is -1.36. The molecule has 112 valence electrons. The van der Waals surface area contributed by atoms with Crippen LogP contribution in [0.15, 0.2) is 12.3 Å². The maximum Gasteiger partial charge on any atom is 0.223 e. The van der Waals surface area contributed by atoms with Crippen LogP contribution in [-0.2, 0) is 11.3 Å². The molecule has 1 aliphatic heterocycles. The van der Waals surface area contributed by atoms with E-state index in [-0.39, 0.29) is 11.9 Å². The molecule has 0 bridgehead atoms. The quantitative estimate of drug-likeness (QED) is 0.824. The Bertz CT molecular complexity index is 452. The highest BCUT2D eigenvalue weighted by atomic mass is 16.2. The van der Waals surface area contributed by atoms with E-state index in [4.69, 9.17) is 0 Å². The van der Waals surface area contributed by atoms with Gasteiger partial charge in [0.1, 0.15) is 0 Å². The normalized spacial score (nSPS) is 18.7. The summed E-state index contributed by atoms with van der Waals surface area (Å²) >= 11 is 0. The number of amides is 1. The number of hydrogen-bond donors (Lipinski definition) is 0. The molecule has 0 radical (unpaired) electrons. The van der Waals surface area contributed by atoms with Crippen LogP contribution >= 0.6 is 0 Å². The van der Waals surface area contributed by atoms with Crippen molar-refractivity contribution in [3.05, 3.63) is 18.0 Å². The molecule has 1 amide bonds. The lowest BCUT2D eigenvalue weighted by Gasteiger charge is -2.35. The van der Waals surface area contributed by atoms with Crippen LogP contribution in [0.5, 0.6) is 0 Å². The Morgan fingerprint density at radius 3 is 2.90 bits per heavy atom. The Labute approximate surface area is 121 Å². The summed E-state index contributed by atoms with van der Waals surface area (Å²) in [4.78, 5) is 16.5. The first-order valence-electron chi connectivity index (χ1n) is 7.42. The van der Waals surface area contributed by atoms with E-state index < -0.39 is 0 Å². The van der Waals surface area contributed by atoms with Gasteiger partial charge in [0.2, 0.25) is 5.91 Å². The Kier molecular flexibility index (Phi) is 4.81. The van der Waals surface area contributed by atoms with Crippen molar-refractivity contribution in [2.24, 2.45) is 5.92 Å².